The highest BCUT2D eigenvalue weighted by atomic mass is 15.0. The van der Waals surface area contributed by atoms with Crippen molar-refractivity contribution in [2.45, 2.75) is 13.0 Å². The Morgan fingerprint density at radius 3 is 1.59 bits per heavy atom. The van der Waals surface area contributed by atoms with E-state index in [4.69, 9.17) is 0 Å². The number of rotatable bonds is 5. The molecule has 0 bridgehead atoms. The summed E-state index contributed by atoms with van der Waals surface area (Å²) in [5, 5.41) is 5.12. The predicted molar refractivity (Wildman–Crippen MR) is 216 cm³/mol. The van der Waals surface area contributed by atoms with Crippen molar-refractivity contribution in [2.24, 2.45) is 5.92 Å². The third kappa shape index (κ3) is 4.87. The summed E-state index contributed by atoms with van der Waals surface area (Å²) in [5.41, 5.74) is 13.6. The lowest BCUT2D eigenvalue weighted by atomic mass is 9.89. The standard InChI is InChI=1S/C49H36N2/c1-33-30-37(35-14-6-3-7-15-35)22-27-45(33)51-47-19-11-9-17-42(47)44-32-39(24-29-49(44)51)38-23-28-48-43(31-38)41-16-8-10-18-46(41)50(48)40-25-20-36(21-26-40)34-12-4-2-5-13-34/h2-33,45H,1H3. The zero-order valence-corrected chi connectivity index (χ0v) is 28.4. The molecular weight excluding hydrogens is 617 g/mol. The Balaban J connectivity index is 1.07. The van der Waals surface area contributed by atoms with Crippen LogP contribution in [-0.2, 0) is 0 Å². The van der Waals surface area contributed by atoms with Crippen molar-refractivity contribution >= 4 is 49.2 Å². The van der Waals surface area contributed by atoms with Crippen LogP contribution in [0.2, 0.25) is 0 Å². The molecule has 2 unspecified atom stereocenters. The maximum Gasteiger partial charge on any atom is 0.0586 e. The highest BCUT2D eigenvalue weighted by Gasteiger charge is 2.24. The summed E-state index contributed by atoms with van der Waals surface area (Å²) in [5.74, 6) is 0.346. The summed E-state index contributed by atoms with van der Waals surface area (Å²) in [7, 11) is 0. The first-order valence-corrected chi connectivity index (χ1v) is 17.9. The Bertz CT molecular complexity index is 2790. The van der Waals surface area contributed by atoms with Crippen molar-refractivity contribution in [3.8, 4) is 27.9 Å². The Kier molecular flexibility index (Phi) is 6.89. The number of hydrogen-bond acceptors (Lipinski definition) is 0. The lowest BCUT2D eigenvalue weighted by molar-refractivity contribution is 0.511. The zero-order valence-electron chi connectivity index (χ0n) is 28.4. The molecular formula is C49H36N2. The molecule has 0 saturated heterocycles. The van der Waals surface area contributed by atoms with Gasteiger partial charge in [-0.1, -0.05) is 146 Å². The Labute approximate surface area is 297 Å². The SMILES string of the molecule is CC1C=C(c2ccccc2)C=CC1n1c2ccccc2c2cc(-c3ccc4c(c3)c3ccccc3n4-c3ccc(-c4ccccc4)cc3)ccc21. The smallest absolute Gasteiger partial charge is 0.0586 e. The molecule has 1 aliphatic rings. The summed E-state index contributed by atoms with van der Waals surface area (Å²) in [6.07, 6.45) is 7.13. The molecule has 0 radical (unpaired) electrons. The molecule has 2 heterocycles. The maximum absolute atomic E-state index is 2.55. The highest BCUT2D eigenvalue weighted by Crippen LogP contribution is 2.41. The van der Waals surface area contributed by atoms with Crippen LogP contribution in [0, 0.1) is 5.92 Å². The Hall–Kier alpha value is -6.38. The quantitative estimate of drug-likeness (QED) is 0.175. The van der Waals surface area contributed by atoms with Gasteiger partial charge < -0.3 is 9.13 Å². The molecule has 51 heavy (non-hydrogen) atoms. The van der Waals surface area contributed by atoms with Gasteiger partial charge in [0.2, 0.25) is 0 Å². The molecule has 1 aliphatic carbocycles. The van der Waals surface area contributed by atoms with Crippen molar-refractivity contribution in [3.63, 3.8) is 0 Å². The normalized spacial score (nSPS) is 16.0. The third-order valence-electron chi connectivity index (χ3n) is 10.8. The van der Waals surface area contributed by atoms with Crippen LogP contribution in [0.3, 0.4) is 0 Å². The fraction of sp³-hybridized carbons (Fsp3) is 0.0612. The Morgan fingerprint density at radius 2 is 0.902 bits per heavy atom. The number of aromatic nitrogens is 2. The minimum Gasteiger partial charge on any atom is -0.333 e. The van der Waals surface area contributed by atoms with Crippen LogP contribution in [0.25, 0.3) is 77.1 Å². The van der Waals surface area contributed by atoms with Gasteiger partial charge in [-0.25, -0.2) is 0 Å². The first kappa shape index (κ1) is 29.5. The third-order valence-corrected chi connectivity index (χ3v) is 10.8. The first-order chi connectivity index (χ1) is 25.2. The van der Waals surface area contributed by atoms with Gasteiger partial charge in [-0.3, -0.25) is 0 Å². The van der Waals surface area contributed by atoms with E-state index in [1.54, 1.807) is 0 Å². The number of benzene rings is 7. The van der Waals surface area contributed by atoms with Crippen LogP contribution >= 0.6 is 0 Å². The number of nitrogens with zero attached hydrogens (tertiary/aromatic N) is 2. The topological polar surface area (TPSA) is 9.86 Å². The molecule has 2 heteroatoms. The average molecular weight is 653 g/mol. The van der Waals surface area contributed by atoms with Gasteiger partial charge >= 0.3 is 0 Å². The largest absolute Gasteiger partial charge is 0.333 e. The predicted octanol–water partition coefficient (Wildman–Crippen LogP) is 13.1. The van der Waals surface area contributed by atoms with Gasteiger partial charge in [-0.05, 0) is 87.8 Å². The lowest BCUT2D eigenvalue weighted by Gasteiger charge is -2.26. The van der Waals surface area contributed by atoms with Gasteiger partial charge in [-0.2, -0.15) is 0 Å². The lowest BCUT2D eigenvalue weighted by Crippen LogP contribution is -2.16. The molecule has 2 atom stereocenters. The van der Waals surface area contributed by atoms with Crippen molar-refractivity contribution < 1.29 is 0 Å². The van der Waals surface area contributed by atoms with E-state index in [9.17, 15) is 0 Å². The molecule has 2 nitrogen and oxygen atoms in total. The summed E-state index contributed by atoms with van der Waals surface area (Å²) in [6, 6.07) is 62.2. The van der Waals surface area contributed by atoms with Crippen LogP contribution in [0.5, 0.6) is 0 Å². The van der Waals surface area contributed by atoms with Crippen LogP contribution in [0.15, 0.2) is 188 Å². The number of hydrogen-bond donors (Lipinski definition) is 0. The van der Waals surface area contributed by atoms with E-state index in [2.05, 4.69) is 204 Å². The molecule has 0 aliphatic heterocycles. The average Bonchev–Trinajstić information content (AvgIpc) is 3.71. The van der Waals surface area contributed by atoms with Gasteiger partial charge in [0, 0.05) is 38.3 Å². The highest BCUT2D eigenvalue weighted by molar-refractivity contribution is 6.12. The summed E-state index contributed by atoms with van der Waals surface area (Å²) in [6.45, 7) is 2.34. The summed E-state index contributed by atoms with van der Waals surface area (Å²) < 4.78 is 4.95. The molecule has 10 rings (SSSR count). The molecule has 0 N–H and O–H groups in total. The van der Waals surface area contributed by atoms with E-state index >= 15 is 0 Å². The molecule has 242 valence electrons. The van der Waals surface area contributed by atoms with E-state index in [0.717, 1.165) is 0 Å². The van der Waals surface area contributed by atoms with Crippen molar-refractivity contribution in [1.29, 1.82) is 0 Å². The van der Waals surface area contributed by atoms with Gasteiger partial charge in [0.15, 0.2) is 0 Å². The fourth-order valence-corrected chi connectivity index (χ4v) is 8.33. The second-order valence-electron chi connectivity index (χ2n) is 13.8. The first-order valence-electron chi connectivity index (χ1n) is 17.9. The van der Waals surface area contributed by atoms with E-state index in [-0.39, 0.29) is 6.04 Å². The van der Waals surface area contributed by atoms with Crippen molar-refractivity contribution in [3.05, 3.63) is 194 Å². The molecule has 0 saturated carbocycles. The molecule has 2 aromatic heterocycles. The van der Waals surface area contributed by atoms with E-state index in [1.165, 1.54) is 82.7 Å². The van der Waals surface area contributed by atoms with E-state index in [0.29, 0.717) is 5.92 Å². The van der Waals surface area contributed by atoms with Crippen LogP contribution in [-0.4, -0.2) is 9.13 Å². The van der Waals surface area contributed by atoms with E-state index in [1.807, 2.05) is 0 Å². The number of allylic oxidation sites excluding steroid dienone is 4. The molecule has 9 aromatic rings. The van der Waals surface area contributed by atoms with Crippen LogP contribution < -0.4 is 0 Å². The second-order valence-corrected chi connectivity index (χ2v) is 13.8. The fourth-order valence-electron chi connectivity index (χ4n) is 8.33. The van der Waals surface area contributed by atoms with Crippen LogP contribution in [0.1, 0.15) is 18.5 Å². The maximum atomic E-state index is 2.55. The summed E-state index contributed by atoms with van der Waals surface area (Å²) in [4.78, 5) is 0. The minimum absolute atomic E-state index is 0.231. The monoisotopic (exact) mass is 652 g/mol. The Morgan fingerprint density at radius 1 is 0.412 bits per heavy atom. The summed E-state index contributed by atoms with van der Waals surface area (Å²) >= 11 is 0. The molecule has 7 aromatic carbocycles. The van der Waals surface area contributed by atoms with Crippen molar-refractivity contribution in [2.75, 3.05) is 0 Å². The molecule has 0 amide bonds. The van der Waals surface area contributed by atoms with E-state index < -0.39 is 0 Å². The van der Waals surface area contributed by atoms with Gasteiger partial charge in [0.05, 0.1) is 17.1 Å². The number of para-hydroxylation sites is 2. The van der Waals surface area contributed by atoms with Gasteiger partial charge in [0.1, 0.15) is 0 Å². The van der Waals surface area contributed by atoms with Crippen LogP contribution in [0.4, 0.5) is 0 Å². The van der Waals surface area contributed by atoms with Gasteiger partial charge in [0.25, 0.3) is 0 Å². The van der Waals surface area contributed by atoms with Gasteiger partial charge in [-0.15, -0.1) is 0 Å². The molecule has 0 fully saturated rings. The minimum atomic E-state index is 0.231. The molecule has 0 spiro atoms. The zero-order chi connectivity index (χ0) is 33.9. The van der Waals surface area contributed by atoms with Crippen molar-refractivity contribution in [1.82, 2.24) is 9.13 Å². The second kappa shape index (κ2) is 11.9. The number of fused-ring (bicyclic) bond motifs is 6.